The van der Waals surface area contributed by atoms with E-state index < -0.39 is 18.0 Å². The Bertz CT molecular complexity index is 237. The van der Waals surface area contributed by atoms with E-state index in [0.29, 0.717) is 0 Å². The third kappa shape index (κ3) is 5.48. The van der Waals surface area contributed by atoms with E-state index in [9.17, 15) is 14.4 Å². The molecule has 1 atom stereocenters. The van der Waals surface area contributed by atoms with Crippen LogP contribution in [0.3, 0.4) is 0 Å². The molecule has 0 radical (unpaired) electrons. The molecule has 7 nitrogen and oxygen atoms in total. The molecule has 0 saturated carbocycles. The van der Waals surface area contributed by atoms with Gasteiger partial charge in [0.15, 0.2) is 6.04 Å². The van der Waals surface area contributed by atoms with Gasteiger partial charge in [0.1, 0.15) is 0 Å². The molecule has 0 saturated heterocycles. The van der Waals surface area contributed by atoms with Crippen LogP contribution >= 0.6 is 0 Å². The molecule has 0 fully saturated rings. The highest BCUT2D eigenvalue weighted by Gasteiger charge is 2.17. The SMILES string of the molecule is O=CN=N[C@@H](CCC(=O)O)C(=O)O. The van der Waals surface area contributed by atoms with Crippen molar-refractivity contribution in [1.29, 1.82) is 0 Å². The summed E-state index contributed by atoms with van der Waals surface area (Å²) < 4.78 is 0. The van der Waals surface area contributed by atoms with Crippen LogP contribution in [0.15, 0.2) is 10.2 Å². The van der Waals surface area contributed by atoms with E-state index in [1.54, 1.807) is 0 Å². The summed E-state index contributed by atoms with van der Waals surface area (Å²) in [5.74, 6) is -2.42. The lowest BCUT2D eigenvalue weighted by Crippen LogP contribution is -2.18. The molecule has 0 aliphatic carbocycles. The average Bonchev–Trinajstić information content (AvgIpc) is 2.03. The minimum Gasteiger partial charge on any atom is -0.481 e. The number of azo groups is 1. The topological polar surface area (TPSA) is 116 Å². The normalized spacial score (nSPS) is 12.6. The molecule has 0 aromatic rings. The van der Waals surface area contributed by atoms with Gasteiger partial charge < -0.3 is 10.2 Å². The summed E-state index contributed by atoms with van der Waals surface area (Å²) in [5.41, 5.74) is 0. The Kier molecular flexibility index (Phi) is 5.01. The molecule has 0 unspecified atom stereocenters. The van der Waals surface area contributed by atoms with Crippen LogP contribution in [-0.4, -0.2) is 34.6 Å². The summed E-state index contributed by atoms with van der Waals surface area (Å²) in [6.07, 6.45) is -0.409. The van der Waals surface area contributed by atoms with Gasteiger partial charge in [-0.2, -0.15) is 5.11 Å². The fourth-order valence-electron chi connectivity index (χ4n) is 0.598. The minimum absolute atomic E-state index is 0.0940. The first-order valence-corrected chi connectivity index (χ1v) is 3.36. The zero-order valence-electron chi connectivity index (χ0n) is 6.58. The number of aliphatic carboxylic acids is 2. The third-order valence-electron chi connectivity index (χ3n) is 1.17. The smallest absolute Gasteiger partial charge is 0.330 e. The summed E-state index contributed by atoms with van der Waals surface area (Å²) >= 11 is 0. The second-order valence-corrected chi connectivity index (χ2v) is 2.12. The van der Waals surface area contributed by atoms with Crippen molar-refractivity contribution >= 4 is 18.3 Å². The summed E-state index contributed by atoms with van der Waals surface area (Å²) in [7, 11) is 0. The fraction of sp³-hybridized carbons (Fsp3) is 0.500. The molecule has 13 heavy (non-hydrogen) atoms. The van der Waals surface area contributed by atoms with E-state index in [1.807, 2.05) is 0 Å². The van der Waals surface area contributed by atoms with Crippen molar-refractivity contribution in [1.82, 2.24) is 0 Å². The Morgan fingerprint density at radius 3 is 2.38 bits per heavy atom. The van der Waals surface area contributed by atoms with Gasteiger partial charge in [-0.15, -0.1) is 5.11 Å². The van der Waals surface area contributed by atoms with Crippen LogP contribution in [0.5, 0.6) is 0 Å². The minimum atomic E-state index is -1.30. The molecule has 0 aromatic heterocycles. The highest BCUT2D eigenvalue weighted by atomic mass is 16.4. The van der Waals surface area contributed by atoms with E-state index in [0.717, 1.165) is 0 Å². The number of nitrogens with zero attached hydrogens (tertiary/aromatic N) is 2. The van der Waals surface area contributed by atoms with Gasteiger partial charge in [-0.25, -0.2) is 4.79 Å². The largest absolute Gasteiger partial charge is 0.481 e. The van der Waals surface area contributed by atoms with Crippen LogP contribution < -0.4 is 0 Å². The first-order valence-electron chi connectivity index (χ1n) is 3.36. The number of carbonyl (C=O) groups excluding carboxylic acids is 1. The van der Waals surface area contributed by atoms with Crippen molar-refractivity contribution in [2.75, 3.05) is 0 Å². The number of carbonyl (C=O) groups is 3. The van der Waals surface area contributed by atoms with Gasteiger partial charge in [-0.3, -0.25) is 9.59 Å². The molecule has 0 aliphatic rings. The molecule has 0 rings (SSSR count). The number of hydrogen-bond donors (Lipinski definition) is 2. The van der Waals surface area contributed by atoms with Gasteiger partial charge in [-0.1, -0.05) is 0 Å². The number of hydrogen-bond acceptors (Lipinski definition) is 4. The van der Waals surface area contributed by atoms with Gasteiger partial charge in [0, 0.05) is 6.42 Å². The zero-order valence-corrected chi connectivity index (χ0v) is 6.58. The summed E-state index contributed by atoms with van der Waals surface area (Å²) in [5, 5.41) is 22.6. The Balaban J connectivity index is 4.10. The van der Waals surface area contributed by atoms with Gasteiger partial charge in [0.2, 0.25) is 0 Å². The molecule has 2 N–H and O–H groups in total. The van der Waals surface area contributed by atoms with Crippen LogP contribution in [-0.2, 0) is 14.4 Å². The van der Waals surface area contributed by atoms with Gasteiger partial charge in [-0.05, 0) is 6.42 Å². The lowest BCUT2D eigenvalue weighted by atomic mass is 10.2. The average molecular weight is 188 g/mol. The zero-order chi connectivity index (χ0) is 10.3. The Morgan fingerprint density at radius 2 is 2.00 bits per heavy atom. The lowest BCUT2D eigenvalue weighted by molar-refractivity contribution is -0.139. The maximum Gasteiger partial charge on any atom is 0.330 e. The standard InChI is InChI=1S/C6H8N2O5/c9-3-7-8-4(6(12)13)1-2-5(10)11/h3-4H,1-2H2,(H,10,11)(H,12,13)/t4-/m0/s1. The monoisotopic (exact) mass is 188 g/mol. The molecule has 1 amide bonds. The van der Waals surface area contributed by atoms with Crippen LogP contribution in [0, 0.1) is 0 Å². The second-order valence-electron chi connectivity index (χ2n) is 2.12. The number of carboxylic acids is 2. The molecule has 0 heterocycles. The predicted molar refractivity (Wildman–Crippen MR) is 39.2 cm³/mol. The number of rotatable bonds is 6. The van der Waals surface area contributed by atoms with Crippen LogP contribution in [0.25, 0.3) is 0 Å². The molecule has 72 valence electrons. The van der Waals surface area contributed by atoms with Gasteiger partial charge in [0.05, 0.1) is 0 Å². The number of amides is 1. The second kappa shape index (κ2) is 5.81. The van der Waals surface area contributed by atoms with Crippen molar-refractivity contribution in [2.24, 2.45) is 10.2 Å². The summed E-state index contributed by atoms with van der Waals surface area (Å²) in [4.78, 5) is 30.1. The summed E-state index contributed by atoms with van der Waals surface area (Å²) in [6.45, 7) is 0. The first kappa shape index (κ1) is 11.2. The Morgan fingerprint density at radius 1 is 1.38 bits per heavy atom. The Hall–Kier alpha value is -1.79. The van der Waals surface area contributed by atoms with Crippen LogP contribution in [0.4, 0.5) is 0 Å². The van der Waals surface area contributed by atoms with Crippen LogP contribution in [0.1, 0.15) is 12.8 Å². The van der Waals surface area contributed by atoms with E-state index in [2.05, 4.69) is 10.2 Å². The van der Waals surface area contributed by atoms with E-state index in [-0.39, 0.29) is 19.3 Å². The molecular weight excluding hydrogens is 180 g/mol. The van der Waals surface area contributed by atoms with Crippen LogP contribution in [0.2, 0.25) is 0 Å². The van der Waals surface area contributed by atoms with E-state index in [4.69, 9.17) is 10.2 Å². The Labute approximate surface area is 73.1 Å². The predicted octanol–water partition coefficient (Wildman–Crippen LogP) is -0.0870. The van der Waals surface area contributed by atoms with Gasteiger partial charge in [0.25, 0.3) is 6.41 Å². The van der Waals surface area contributed by atoms with Crippen molar-refractivity contribution in [3.05, 3.63) is 0 Å². The maximum absolute atomic E-state index is 10.4. The fourth-order valence-corrected chi connectivity index (χ4v) is 0.598. The number of carboxylic acid groups (broad SMARTS) is 2. The van der Waals surface area contributed by atoms with Crippen molar-refractivity contribution < 1.29 is 24.6 Å². The molecule has 0 aliphatic heterocycles. The van der Waals surface area contributed by atoms with Crippen molar-refractivity contribution in [2.45, 2.75) is 18.9 Å². The highest BCUT2D eigenvalue weighted by molar-refractivity contribution is 5.75. The maximum atomic E-state index is 10.4. The quantitative estimate of drug-likeness (QED) is 0.446. The van der Waals surface area contributed by atoms with Crippen molar-refractivity contribution in [3.63, 3.8) is 0 Å². The molecule has 0 bridgehead atoms. The summed E-state index contributed by atoms with van der Waals surface area (Å²) in [6, 6.07) is -1.26. The first-order chi connectivity index (χ1) is 6.07. The third-order valence-corrected chi connectivity index (χ3v) is 1.17. The molecule has 0 aromatic carbocycles. The van der Waals surface area contributed by atoms with E-state index in [1.165, 1.54) is 0 Å². The van der Waals surface area contributed by atoms with Gasteiger partial charge >= 0.3 is 11.9 Å². The van der Waals surface area contributed by atoms with E-state index >= 15 is 0 Å². The molecule has 0 spiro atoms. The highest BCUT2D eigenvalue weighted by Crippen LogP contribution is 2.02. The molecular formula is C6H8N2O5. The lowest BCUT2D eigenvalue weighted by Gasteiger charge is -2.01. The molecule has 7 heteroatoms. The van der Waals surface area contributed by atoms with Crippen molar-refractivity contribution in [3.8, 4) is 0 Å².